The molecule has 2 nitrogen and oxygen atoms in total. The maximum absolute atomic E-state index is 7.79. The lowest BCUT2D eigenvalue weighted by Gasteiger charge is -2.59. The van der Waals surface area contributed by atoms with Crippen molar-refractivity contribution < 1.29 is 8.85 Å². The maximum Gasteiger partial charge on any atom is 0.261 e. The molecule has 0 N–H and O–H groups in total. The van der Waals surface area contributed by atoms with Gasteiger partial charge in [0, 0.05) is 12.7 Å². The van der Waals surface area contributed by atoms with Crippen LogP contribution in [0.2, 0.25) is 10.1 Å². The van der Waals surface area contributed by atoms with E-state index < -0.39 is 16.6 Å². The second-order valence-electron chi connectivity index (χ2n) is 23.6. The molecule has 0 aromatic heterocycles. The first-order valence-electron chi connectivity index (χ1n) is 25.3. The molecule has 4 aliphatic carbocycles. The van der Waals surface area contributed by atoms with E-state index in [0.29, 0.717) is 16.7 Å². The van der Waals surface area contributed by atoms with Crippen molar-refractivity contribution >= 4 is 37.4 Å². The van der Waals surface area contributed by atoms with Gasteiger partial charge in [0.05, 0.1) is 0 Å². The average molecular weight is 879 g/mol. The number of hydrogen-bond donors (Lipinski definition) is 0. The van der Waals surface area contributed by atoms with Crippen LogP contribution in [-0.4, -0.2) is 29.3 Å². The van der Waals surface area contributed by atoms with Crippen LogP contribution in [0.15, 0.2) is 133 Å². The molecule has 0 saturated heterocycles. The van der Waals surface area contributed by atoms with Crippen LogP contribution in [0.25, 0.3) is 0 Å². The van der Waals surface area contributed by atoms with Crippen LogP contribution >= 0.6 is 0 Å². The summed E-state index contributed by atoms with van der Waals surface area (Å²) in [5.74, 6) is 4.68. The standard InChI is InChI=1S/C59H82O2Si2/c1-44(43-60-62(56(3,4)5,48-26-15-11-16-27-48)49-28-17-12-18-29-49)24-23-25-45(2)53-36-37-54-52-35-34-46-42-47(38-40-58(46,9)55(52)39-41-59(53,54)10)61-63(57(6,7)8,50-30-19-13-20-31-50)51-32-21-14-22-33-51/h11-22,26-34,44-45,47,52-55H,23-25,35-43H2,1-10H3/t44?,45-,47?,52+,53-,54+,55+,58+,59-/m1/s1. The van der Waals surface area contributed by atoms with Crippen LogP contribution in [0, 0.1) is 46.3 Å². The Kier molecular flexibility index (Phi) is 13.5. The van der Waals surface area contributed by atoms with E-state index in [9.17, 15) is 0 Å². The molecule has 3 fully saturated rings. The lowest BCUT2D eigenvalue weighted by atomic mass is 9.47. The van der Waals surface area contributed by atoms with Gasteiger partial charge in [0.1, 0.15) is 0 Å². The van der Waals surface area contributed by atoms with Gasteiger partial charge in [0.15, 0.2) is 0 Å². The van der Waals surface area contributed by atoms with E-state index in [1.54, 1.807) is 5.57 Å². The van der Waals surface area contributed by atoms with Gasteiger partial charge < -0.3 is 8.85 Å². The van der Waals surface area contributed by atoms with Crippen molar-refractivity contribution in [1.82, 2.24) is 0 Å². The summed E-state index contributed by atoms with van der Waals surface area (Å²) in [5.41, 5.74) is 2.52. The van der Waals surface area contributed by atoms with Crippen molar-refractivity contribution in [3.63, 3.8) is 0 Å². The van der Waals surface area contributed by atoms with Gasteiger partial charge in [0.25, 0.3) is 16.6 Å². The van der Waals surface area contributed by atoms with Gasteiger partial charge in [-0.2, -0.15) is 0 Å². The van der Waals surface area contributed by atoms with Crippen LogP contribution in [0.1, 0.15) is 140 Å². The first-order chi connectivity index (χ1) is 30.0. The van der Waals surface area contributed by atoms with E-state index >= 15 is 0 Å². The van der Waals surface area contributed by atoms with E-state index in [1.165, 1.54) is 85.0 Å². The fraction of sp³-hybridized carbons (Fsp3) is 0.559. The average Bonchev–Trinajstić information content (AvgIpc) is 3.63. The van der Waals surface area contributed by atoms with Crippen LogP contribution < -0.4 is 20.7 Å². The molecule has 63 heavy (non-hydrogen) atoms. The van der Waals surface area contributed by atoms with Gasteiger partial charge >= 0.3 is 0 Å². The predicted octanol–water partition coefficient (Wildman–Crippen LogP) is 13.5. The molecule has 4 heteroatoms. The van der Waals surface area contributed by atoms with Crippen molar-refractivity contribution in [2.45, 2.75) is 156 Å². The minimum Gasteiger partial charge on any atom is -0.407 e. The van der Waals surface area contributed by atoms with Gasteiger partial charge in [0.2, 0.25) is 0 Å². The van der Waals surface area contributed by atoms with E-state index in [0.717, 1.165) is 42.6 Å². The van der Waals surface area contributed by atoms with Gasteiger partial charge in [-0.25, -0.2) is 0 Å². The summed E-state index contributed by atoms with van der Waals surface area (Å²) >= 11 is 0. The van der Waals surface area contributed by atoms with Crippen molar-refractivity contribution in [3.8, 4) is 0 Å². The lowest BCUT2D eigenvalue weighted by Crippen LogP contribution is -2.68. The summed E-state index contributed by atoms with van der Waals surface area (Å²) < 4.78 is 15.2. The number of hydrogen-bond acceptors (Lipinski definition) is 2. The SMILES string of the molecule is CC(CCC[C@@H](C)[C@H]1CC[C@H]2[C@@H]3CC=C4CC(O[Si](c5ccccc5)(c5ccccc5)C(C)(C)C)CC[C@]4(C)[C@H]3CC[C@]12C)CO[Si](c1ccccc1)(c1ccccc1)C(C)(C)C. The third kappa shape index (κ3) is 8.51. The Balaban J connectivity index is 0.910. The molecule has 4 aromatic carbocycles. The Morgan fingerprint density at radius 1 is 0.603 bits per heavy atom. The predicted molar refractivity (Wildman–Crippen MR) is 273 cm³/mol. The number of fused-ring (bicyclic) bond motifs is 5. The molecule has 0 amide bonds. The molecular formula is C59H82O2Si2. The smallest absolute Gasteiger partial charge is 0.261 e. The Bertz CT molecular complexity index is 2040. The molecule has 338 valence electrons. The van der Waals surface area contributed by atoms with E-state index in [1.807, 2.05) is 0 Å². The summed E-state index contributed by atoms with van der Waals surface area (Å²) in [5, 5.41) is 5.60. The Morgan fingerprint density at radius 2 is 1.11 bits per heavy atom. The Labute approximate surface area is 386 Å². The fourth-order valence-electron chi connectivity index (χ4n) is 14.7. The van der Waals surface area contributed by atoms with Crippen LogP contribution in [0.4, 0.5) is 0 Å². The topological polar surface area (TPSA) is 18.5 Å². The molecule has 4 aromatic rings. The van der Waals surface area contributed by atoms with Crippen LogP contribution in [0.3, 0.4) is 0 Å². The number of benzene rings is 4. The minimum atomic E-state index is -2.59. The van der Waals surface area contributed by atoms with Crippen molar-refractivity contribution in [3.05, 3.63) is 133 Å². The third-order valence-corrected chi connectivity index (χ3v) is 28.0. The molecule has 4 aliphatic rings. The monoisotopic (exact) mass is 879 g/mol. The highest BCUT2D eigenvalue weighted by molar-refractivity contribution is 7.00. The quantitative estimate of drug-likeness (QED) is 0.0928. The Morgan fingerprint density at radius 3 is 1.62 bits per heavy atom. The first-order valence-corrected chi connectivity index (χ1v) is 29.1. The summed E-state index contributed by atoms with van der Waals surface area (Å²) in [4.78, 5) is 0. The zero-order valence-corrected chi connectivity index (χ0v) is 43.0. The summed E-state index contributed by atoms with van der Waals surface area (Å²) in [6.07, 6.45) is 17.4. The molecule has 2 unspecified atom stereocenters. The van der Waals surface area contributed by atoms with Crippen molar-refractivity contribution in [1.29, 1.82) is 0 Å². The number of allylic oxidation sites excluding steroid dienone is 1. The number of rotatable bonds is 14. The second-order valence-corrected chi connectivity index (χ2v) is 32.2. The largest absolute Gasteiger partial charge is 0.407 e. The fourth-order valence-corrected chi connectivity index (χ4v) is 24.2. The zero-order chi connectivity index (χ0) is 44.7. The second kappa shape index (κ2) is 18.3. The minimum absolute atomic E-state index is 0.00472. The molecule has 9 atom stereocenters. The van der Waals surface area contributed by atoms with E-state index in [2.05, 4.69) is 197 Å². The van der Waals surface area contributed by atoms with Gasteiger partial charge in [-0.3, -0.25) is 0 Å². The highest BCUT2D eigenvalue weighted by atomic mass is 28.4. The maximum atomic E-state index is 7.79. The van der Waals surface area contributed by atoms with E-state index in [4.69, 9.17) is 8.85 Å². The summed E-state index contributed by atoms with van der Waals surface area (Å²) in [7, 11) is -5.10. The molecular weight excluding hydrogens is 797 g/mol. The van der Waals surface area contributed by atoms with E-state index in [-0.39, 0.29) is 16.2 Å². The lowest BCUT2D eigenvalue weighted by molar-refractivity contribution is -0.0563. The molecule has 0 aliphatic heterocycles. The van der Waals surface area contributed by atoms with Crippen LogP contribution in [-0.2, 0) is 8.85 Å². The molecule has 0 heterocycles. The molecule has 0 spiro atoms. The third-order valence-electron chi connectivity index (χ3n) is 17.9. The van der Waals surface area contributed by atoms with Gasteiger partial charge in [-0.1, -0.05) is 215 Å². The molecule has 8 rings (SSSR count). The van der Waals surface area contributed by atoms with Gasteiger partial charge in [-0.15, -0.1) is 0 Å². The summed E-state index contributed by atoms with van der Waals surface area (Å²) in [6, 6.07) is 44.9. The molecule has 0 radical (unpaired) electrons. The highest BCUT2D eigenvalue weighted by Crippen LogP contribution is 2.67. The van der Waals surface area contributed by atoms with Crippen LogP contribution in [0.5, 0.6) is 0 Å². The molecule has 0 bridgehead atoms. The first kappa shape index (κ1) is 46.5. The van der Waals surface area contributed by atoms with Gasteiger partial charge in [-0.05, 0) is 135 Å². The summed E-state index contributed by atoms with van der Waals surface area (Å²) in [6.45, 7) is 25.8. The Hall–Kier alpha value is -3.03. The van der Waals surface area contributed by atoms with Crippen molar-refractivity contribution in [2.24, 2.45) is 46.3 Å². The normalized spacial score (nSPS) is 28.6. The highest BCUT2D eigenvalue weighted by Gasteiger charge is 2.60. The zero-order valence-electron chi connectivity index (χ0n) is 41.0. The van der Waals surface area contributed by atoms with Crippen molar-refractivity contribution in [2.75, 3.05) is 6.61 Å². The molecule has 3 saturated carbocycles.